The Morgan fingerprint density at radius 3 is 2.73 bits per heavy atom. The van der Waals surface area contributed by atoms with Crippen molar-refractivity contribution in [2.75, 3.05) is 26.9 Å². The van der Waals surface area contributed by atoms with Crippen molar-refractivity contribution in [1.29, 1.82) is 0 Å². The second kappa shape index (κ2) is 11.8. The molecule has 3 aromatic rings. The van der Waals surface area contributed by atoms with Crippen molar-refractivity contribution in [3.63, 3.8) is 0 Å². The van der Waals surface area contributed by atoms with Crippen molar-refractivity contribution in [1.82, 2.24) is 15.6 Å². The number of carbonyl (C=O) groups excluding carboxylic acids is 1. The first-order valence-electron chi connectivity index (χ1n) is 13.6. The van der Waals surface area contributed by atoms with Crippen LogP contribution < -0.4 is 30.5 Å². The van der Waals surface area contributed by atoms with Crippen LogP contribution in [0, 0.1) is 17.5 Å². The number of rotatable bonds is 10. The van der Waals surface area contributed by atoms with Crippen molar-refractivity contribution < 1.29 is 32.5 Å². The lowest BCUT2D eigenvalue weighted by molar-refractivity contribution is 0.0948. The molecule has 1 amide bonds. The highest BCUT2D eigenvalue weighted by molar-refractivity contribution is 5.94. The minimum atomic E-state index is -1.60. The average Bonchev–Trinajstić information content (AvgIpc) is 3.73. The van der Waals surface area contributed by atoms with Crippen LogP contribution in [-0.2, 0) is 0 Å². The minimum absolute atomic E-state index is 0.0478. The number of halogens is 3. The zero-order valence-corrected chi connectivity index (χ0v) is 22.9. The fourth-order valence-electron chi connectivity index (χ4n) is 4.88. The summed E-state index contributed by atoms with van der Waals surface area (Å²) in [5.41, 5.74) is 1.39. The lowest BCUT2D eigenvalue weighted by atomic mass is 9.94. The summed E-state index contributed by atoms with van der Waals surface area (Å²) >= 11 is 0. The van der Waals surface area contributed by atoms with Crippen LogP contribution in [0.25, 0.3) is 24.0 Å². The molecule has 1 aromatic heterocycles. The number of methoxy groups -OCH3 is 1. The molecule has 0 radical (unpaired) electrons. The quantitative estimate of drug-likeness (QED) is 0.325. The van der Waals surface area contributed by atoms with Gasteiger partial charge >= 0.3 is 0 Å². The van der Waals surface area contributed by atoms with E-state index in [0.717, 1.165) is 35.8 Å². The number of pyridine rings is 1. The van der Waals surface area contributed by atoms with E-state index in [1.54, 1.807) is 18.2 Å². The Kier molecular flexibility index (Phi) is 8.21. The first-order chi connectivity index (χ1) is 19.7. The standard InChI is InChI=1S/C31H32F3N3O4/c1-16-15-41-30-23(16)12-25(37-29(30)22-6-7-24(32)28(34)27(22)33)18(8-9-38)13-36-31(39)19-10-20(14-35-21-4-5-21)17(2)26(11-19)40-3/h6-7,10-12,14,16,18,21,35,38H,2,4-5,8-9,13,15H2,1,3H3,(H,36,39)/b20-14-. The third-order valence-corrected chi connectivity index (χ3v) is 7.50. The van der Waals surface area contributed by atoms with Crippen LogP contribution in [0.5, 0.6) is 11.5 Å². The van der Waals surface area contributed by atoms with Gasteiger partial charge in [0.15, 0.2) is 17.5 Å². The van der Waals surface area contributed by atoms with Crippen LogP contribution >= 0.6 is 0 Å². The molecule has 216 valence electrons. The minimum Gasteiger partial charge on any atom is -0.496 e. The number of hydrogen-bond donors (Lipinski definition) is 3. The molecule has 2 atom stereocenters. The van der Waals surface area contributed by atoms with E-state index in [1.807, 2.05) is 13.1 Å². The molecule has 1 aliphatic carbocycles. The van der Waals surface area contributed by atoms with E-state index in [0.29, 0.717) is 40.6 Å². The normalized spacial score (nSPS) is 17.1. The summed E-state index contributed by atoms with van der Waals surface area (Å²) in [7, 11) is 1.51. The number of ether oxygens (including phenoxy) is 2. The number of amides is 1. The Hall–Kier alpha value is -4.05. The summed E-state index contributed by atoms with van der Waals surface area (Å²) in [4.78, 5) is 17.8. The van der Waals surface area contributed by atoms with Crippen molar-refractivity contribution in [2.45, 2.75) is 44.1 Å². The lowest BCUT2D eigenvalue weighted by Crippen LogP contribution is -2.33. The van der Waals surface area contributed by atoms with Gasteiger partial charge in [-0.05, 0) is 49.6 Å². The number of nitrogens with one attached hydrogen (secondary N) is 2. The summed E-state index contributed by atoms with van der Waals surface area (Å²) in [6.07, 6.45) is 4.27. The van der Waals surface area contributed by atoms with Gasteiger partial charge < -0.3 is 25.2 Å². The van der Waals surface area contributed by atoms with Crippen LogP contribution in [0.2, 0.25) is 0 Å². The van der Waals surface area contributed by atoms with Gasteiger partial charge in [0.05, 0.1) is 13.7 Å². The molecule has 1 saturated carbocycles. The Labute approximate surface area is 235 Å². The first kappa shape index (κ1) is 28.5. The number of fused-ring (bicyclic) bond motifs is 1. The Morgan fingerprint density at radius 1 is 1.24 bits per heavy atom. The van der Waals surface area contributed by atoms with E-state index in [2.05, 4.69) is 22.2 Å². The number of aromatic nitrogens is 1. The van der Waals surface area contributed by atoms with E-state index >= 15 is 0 Å². The van der Waals surface area contributed by atoms with Gasteiger partial charge in [0.1, 0.15) is 17.2 Å². The van der Waals surface area contributed by atoms with Gasteiger partial charge in [-0.2, -0.15) is 0 Å². The van der Waals surface area contributed by atoms with E-state index in [4.69, 9.17) is 9.47 Å². The molecule has 10 heteroatoms. The van der Waals surface area contributed by atoms with Crippen molar-refractivity contribution in [3.8, 4) is 22.8 Å². The van der Waals surface area contributed by atoms with E-state index in [9.17, 15) is 23.1 Å². The second-order valence-corrected chi connectivity index (χ2v) is 10.5. The molecular formula is C31H32F3N3O4. The lowest BCUT2D eigenvalue weighted by Gasteiger charge is -2.20. The molecule has 1 fully saturated rings. The third kappa shape index (κ3) is 5.88. The highest BCUT2D eigenvalue weighted by Gasteiger charge is 2.30. The number of aliphatic hydroxyl groups is 1. The fraction of sp³-hybridized carbons (Fsp3) is 0.355. The summed E-state index contributed by atoms with van der Waals surface area (Å²) in [6.45, 7) is 6.22. The largest absolute Gasteiger partial charge is 0.496 e. The molecule has 5 rings (SSSR count). The van der Waals surface area contributed by atoms with Gasteiger partial charge in [-0.1, -0.05) is 13.5 Å². The summed E-state index contributed by atoms with van der Waals surface area (Å²) in [5, 5.41) is 17.4. The van der Waals surface area contributed by atoms with Crippen LogP contribution in [0.3, 0.4) is 0 Å². The molecule has 3 N–H and O–H groups in total. The maximum Gasteiger partial charge on any atom is 0.251 e. The van der Waals surface area contributed by atoms with E-state index < -0.39 is 23.4 Å². The smallest absolute Gasteiger partial charge is 0.251 e. The maximum atomic E-state index is 14.8. The van der Waals surface area contributed by atoms with Crippen molar-refractivity contribution >= 4 is 18.7 Å². The number of benzene rings is 2. The van der Waals surface area contributed by atoms with E-state index in [1.165, 1.54) is 7.11 Å². The summed E-state index contributed by atoms with van der Waals surface area (Å²) in [5.74, 6) is -4.37. The maximum absolute atomic E-state index is 14.8. The number of hydrogen-bond acceptors (Lipinski definition) is 6. The predicted octanol–water partition coefficient (Wildman–Crippen LogP) is 3.47. The topological polar surface area (TPSA) is 92.7 Å². The Morgan fingerprint density at radius 2 is 2.02 bits per heavy atom. The molecule has 7 nitrogen and oxygen atoms in total. The highest BCUT2D eigenvalue weighted by Crippen LogP contribution is 2.43. The molecule has 2 aliphatic rings. The van der Waals surface area contributed by atoms with Crippen molar-refractivity contribution in [3.05, 3.63) is 75.0 Å². The first-order valence-corrected chi connectivity index (χ1v) is 13.6. The number of carbonyl (C=O) groups is 1. The molecule has 0 spiro atoms. The average molecular weight is 568 g/mol. The molecule has 2 heterocycles. The number of nitrogens with zero attached hydrogens (tertiary/aromatic N) is 1. The molecule has 2 unspecified atom stereocenters. The van der Waals surface area contributed by atoms with Crippen LogP contribution in [-0.4, -0.2) is 48.9 Å². The van der Waals surface area contributed by atoms with Crippen molar-refractivity contribution in [2.24, 2.45) is 0 Å². The molecule has 0 saturated heterocycles. The molecule has 2 aromatic carbocycles. The Balaban J connectivity index is 1.45. The highest BCUT2D eigenvalue weighted by atomic mass is 19.2. The zero-order chi connectivity index (χ0) is 29.3. The van der Waals surface area contributed by atoms with Gasteiger partial charge in [-0.15, -0.1) is 0 Å². The predicted molar refractivity (Wildman–Crippen MR) is 149 cm³/mol. The van der Waals surface area contributed by atoms with Crippen LogP contribution in [0.4, 0.5) is 13.2 Å². The van der Waals surface area contributed by atoms with Gasteiger partial charge in [0.2, 0.25) is 0 Å². The zero-order valence-electron chi connectivity index (χ0n) is 22.9. The van der Waals surface area contributed by atoms with Gasteiger partial charge in [-0.3, -0.25) is 4.79 Å². The molecule has 41 heavy (non-hydrogen) atoms. The number of aliphatic hydroxyl groups excluding tert-OH is 1. The molecule has 1 aliphatic heterocycles. The van der Waals surface area contributed by atoms with Gasteiger partial charge in [0.25, 0.3) is 5.91 Å². The van der Waals surface area contributed by atoms with Crippen LogP contribution in [0.1, 0.15) is 59.6 Å². The summed E-state index contributed by atoms with van der Waals surface area (Å²) in [6, 6.07) is 7.54. The monoisotopic (exact) mass is 567 g/mol. The van der Waals surface area contributed by atoms with Gasteiger partial charge in [-0.25, -0.2) is 18.2 Å². The summed E-state index contributed by atoms with van der Waals surface area (Å²) < 4.78 is 53.8. The van der Waals surface area contributed by atoms with Gasteiger partial charge in [0, 0.05) is 70.1 Å². The van der Waals surface area contributed by atoms with Crippen LogP contribution in [0.15, 0.2) is 30.3 Å². The molecule has 0 bridgehead atoms. The van der Waals surface area contributed by atoms with E-state index in [-0.39, 0.29) is 42.7 Å². The second-order valence-electron chi connectivity index (χ2n) is 10.5. The fourth-order valence-corrected chi connectivity index (χ4v) is 4.88. The molecular weight excluding hydrogens is 535 g/mol. The SMILES string of the molecule is C=c1c(OC)cc(C(=O)NCC(CCO)c2cc3c(c(-c4ccc(F)c(F)c4F)n2)OCC3C)c/c1=C/NC1CC1. The third-order valence-electron chi connectivity index (χ3n) is 7.50. The Bertz CT molecular complexity index is 1590.